The van der Waals surface area contributed by atoms with E-state index in [0.717, 1.165) is 61.0 Å². The highest BCUT2D eigenvalue weighted by atomic mass is 32.2. The quantitative estimate of drug-likeness (QED) is 0.119. The van der Waals surface area contributed by atoms with Gasteiger partial charge in [0.25, 0.3) is 11.8 Å². The van der Waals surface area contributed by atoms with Crippen LogP contribution in [-0.2, 0) is 16.0 Å². The van der Waals surface area contributed by atoms with E-state index in [9.17, 15) is 9.59 Å². The standard InChI is InChI=1S/C33H41N5O2S2/c1-5-8-9-11-26-14-16-29(17-15-26)42-38(32(40)7-3)28-13-10-12-27(24-28)30-25-41-33(34-30)37(31(39)6-2)23-22-36-20-18-35(4)19-21-36/h6-7,10,12-17,24-25H,2-3,5,8-9,11,18-23H2,1,4H3. The molecule has 0 atom stereocenters. The summed E-state index contributed by atoms with van der Waals surface area (Å²) in [6.45, 7) is 15.0. The van der Waals surface area contributed by atoms with Gasteiger partial charge < -0.3 is 4.90 Å². The second-order valence-corrected chi connectivity index (χ2v) is 12.3. The van der Waals surface area contributed by atoms with Crippen LogP contribution in [0, 0.1) is 0 Å². The number of hydrogen-bond acceptors (Lipinski definition) is 7. The summed E-state index contributed by atoms with van der Waals surface area (Å²) in [6.07, 6.45) is 7.37. The van der Waals surface area contributed by atoms with E-state index in [1.165, 1.54) is 60.3 Å². The molecule has 1 aliphatic rings. The summed E-state index contributed by atoms with van der Waals surface area (Å²) < 4.78 is 1.65. The summed E-state index contributed by atoms with van der Waals surface area (Å²) in [4.78, 5) is 37.9. The molecule has 0 bridgehead atoms. The van der Waals surface area contributed by atoms with Crippen LogP contribution in [0.2, 0.25) is 0 Å². The van der Waals surface area contributed by atoms with Gasteiger partial charge in [-0.1, -0.05) is 57.2 Å². The Morgan fingerprint density at radius 2 is 1.76 bits per heavy atom. The van der Waals surface area contributed by atoms with Crippen LogP contribution in [0.4, 0.5) is 10.8 Å². The Morgan fingerprint density at radius 3 is 2.45 bits per heavy atom. The van der Waals surface area contributed by atoms with E-state index >= 15 is 0 Å². The van der Waals surface area contributed by atoms with Gasteiger partial charge in [-0.05, 0) is 73.8 Å². The molecule has 0 aliphatic carbocycles. The van der Waals surface area contributed by atoms with Crippen molar-refractivity contribution in [2.75, 3.05) is 55.5 Å². The molecule has 7 nitrogen and oxygen atoms in total. The number of aryl methyl sites for hydroxylation is 1. The maximum Gasteiger partial charge on any atom is 0.260 e. The molecule has 2 amide bonds. The number of piperazine rings is 1. The van der Waals surface area contributed by atoms with E-state index in [-0.39, 0.29) is 11.8 Å². The molecule has 0 N–H and O–H groups in total. The zero-order chi connectivity index (χ0) is 29.9. The number of carbonyl (C=O) groups is 2. The van der Waals surface area contributed by atoms with Crippen molar-refractivity contribution >= 4 is 45.9 Å². The van der Waals surface area contributed by atoms with Crippen molar-refractivity contribution in [1.29, 1.82) is 0 Å². The van der Waals surface area contributed by atoms with Gasteiger partial charge in [0.1, 0.15) is 0 Å². The van der Waals surface area contributed by atoms with E-state index in [4.69, 9.17) is 4.98 Å². The summed E-state index contributed by atoms with van der Waals surface area (Å²) >= 11 is 2.81. The van der Waals surface area contributed by atoms with E-state index < -0.39 is 0 Å². The topological polar surface area (TPSA) is 60.0 Å². The Balaban J connectivity index is 1.49. The Morgan fingerprint density at radius 1 is 1.02 bits per heavy atom. The van der Waals surface area contributed by atoms with Crippen LogP contribution < -0.4 is 9.21 Å². The molecule has 3 aromatic rings. The van der Waals surface area contributed by atoms with Crippen LogP contribution >= 0.6 is 23.3 Å². The summed E-state index contributed by atoms with van der Waals surface area (Å²) in [7, 11) is 2.13. The number of rotatable bonds is 14. The number of benzene rings is 2. The number of hydrogen-bond donors (Lipinski definition) is 0. The second-order valence-electron chi connectivity index (χ2n) is 10.4. The van der Waals surface area contributed by atoms with Crippen molar-refractivity contribution in [2.24, 2.45) is 0 Å². The third-order valence-corrected chi connectivity index (χ3v) is 9.26. The van der Waals surface area contributed by atoms with Crippen molar-refractivity contribution in [1.82, 2.24) is 14.8 Å². The number of aromatic nitrogens is 1. The molecule has 9 heteroatoms. The van der Waals surface area contributed by atoms with Crippen molar-refractivity contribution in [3.05, 3.63) is 84.8 Å². The molecule has 42 heavy (non-hydrogen) atoms. The highest BCUT2D eigenvalue weighted by Crippen LogP contribution is 2.34. The Kier molecular flexibility index (Phi) is 12.0. The van der Waals surface area contributed by atoms with Gasteiger partial charge in [0.2, 0.25) is 0 Å². The third kappa shape index (κ3) is 8.64. The fraction of sp³-hybridized carbons (Fsp3) is 0.364. The average Bonchev–Trinajstić information content (AvgIpc) is 3.51. The number of carbonyl (C=O) groups excluding carboxylic acids is 2. The molecule has 222 valence electrons. The highest BCUT2D eigenvalue weighted by molar-refractivity contribution is 8.01. The second kappa shape index (κ2) is 15.8. The van der Waals surface area contributed by atoms with Gasteiger partial charge in [-0.2, -0.15) is 0 Å². The van der Waals surface area contributed by atoms with Crippen molar-refractivity contribution < 1.29 is 9.59 Å². The first kappa shape index (κ1) is 31.7. The first-order chi connectivity index (χ1) is 20.4. The number of nitrogens with zero attached hydrogens (tertiary/aromatic N) is 5. The molecule has 1 saturated heterocycles. The van der Waals surface area contributed by atoms with Gasteiger partial charge in [-0.15, -0.1) is 11.3 Å². The lowest BCUT2D eigenvalue weighted by atomic mass is 10.1. The average molecular weight is 604 g/mol. The van der Waals surface area contributed by atoms with Gasteiger partial charge in [-0.25, -0.2) is 9.29 Å². The first-order valence-electron chi connectivity index (χ1n) is 14.6. The minimum Gasteiger partial charge on any atom is -0.304 e. The van der Waals surface area contributed by atoms with Crippen LogP contribution in [0.1, 0.15) is 31.7 Å². The van der Waals surface area contributed by atoms with Crippen LogP contribution in [0.5, 0.6) is 0 Å². The predicted octanol–water partition coefficient (Wildman–Crippen LogP) is 6.54. The number of unbranched alkanes of at least 4 members (excludes halogenated alkanes) is 2. The largest absolute Gasteiger partial charge is 0.304 e. The SMILES string of the molecule is C=CC(=O)N(CCN1CCN(C)CC1)c1nc(-c2cccc(N(Sc3ccc(CCCCC)cc3)C(=O)C=C)c2)cs1. The molecule has 0 radical (unpaired) electrons. The minimum atomic E-state index is -0.199. The van der Waals surface area contributed by atoms with Crippen molar-refractivity contribution in [2.45, 2.75) is 37.5 Å². The van der Waals surface area contributed by atoms with Crippen LogP contribution in [0.15, 0.2) is 84.1 Å². The predicted molar refractivity (Wildman–Crippen MR) is 177 cm³/mol. The fourth-order valence-electron chi connectivity index (χ4n) is 4.74. The van der Waals surface area contributed by atoms with E-state index in [1.54, 1.807) is 9.21 Å². The molecular formula is C33H41N5O2S2. The number of thiazole rings is 1. The van der Waals surface area contributed by atoms with Gasteiger partial charge in [-0.3, -0.25) is 19.4 Å². The molecule has 0 spiro atoms. The zero-order valence-corrected chi connectivity index (χ0v) is 26.3. The number of likely N-dealkylation sites (N-methyl/N-ethyl adjacent to an activating group) is 1. The Hall–Kier alpha value is -3.24. The molecular weight excluding hydrogens is 563 g/mol. The van der Waals surface area contributed by atoms with Gasteiger partial charge in [0.15, 0.2) is 5.13 Å². The lowest BCUT2D eigenvalue weighted by Crippen LogP contribution is -2.47. The van der Waals surface area contributed by atoms with Crippen LogP contribution in [0.25, 0.3) is 11.3 Å². The van der Waals surface area contributed by atoms with E-state index in [1.807, 2.05) is 29.6 Å². The summed E-state index contributed by atoms with van der Waals surface area (Å²) in [5.74, 6) is -0.357. The normalized spacial score (nSPS) is 14.0. The molecule has 1 fully saturated rings. The maximum absolute atomic E-state index is 12.9. The van der Waals surface area contributed by atoms with E-state index in [2.05, 4.69) is 61.2 Å². The molecule has 4 rings (SSSR count). The van der Waals surface area contributed by atoms with Crippen LogP contribution in [-0.4, -0.2) is 72.9 Å². The third-order valence-electron chi connectivity index (χ3n) is 7.34. The summed E-state index contributed by atoms with van der Waals surface area (Å²) in [6, 6.07) is 16.2. The van der Waals surface area contributed by atoms with Crippen LogP contribution in [0.3, 0.4) is 0 Å². The molecule has 2 heterocycles. The number of anilines is 2. The lowest BCUT2D eigenvalue weighted by Gasteiger charge is -2.33. The molecule has 0 unspecified atom stereocenters. The lowest BCUT2D eigenvalue weighted by molar-refractivity contribution is -0.114. The number of amides is 2. The van der Waals surface area contributed by atoms with Gasteiger partial charge in [0, 0.05) is 55.1 Å². The highest BCUT2D eigenvalue weighted by Gasteiger charge is 2.21. The van der Waals surface area contributed by atoms with E-state index in [0.29, 0.717) is 11.7 Å². The monoisotopic (exact) mass is 603 g/mol. The van der Waals surface area contributed by atoms with Gasteiger partial charge >= 0.3 is 0 Å². The first-order valence-corrected chi connectivity index (χ1v) is 16.2. The molecule has 2 aromatic carbocycles. The molecule has 1 aromatic heterocycles. The minimum absolute atomic E-state index is 0.158. The smallest absolute Gasteiger partial charge is 0.260 e. The van der Waals surface area contributed by atoms with Crippen molar-refractivity contribution in [3.63, 3.8) is 0 Å². The maximum atomic E-state index is 12.9. The van der Waals surface area contributed by atoms with Crippen molar-refractivity contribution in [3.8, 4) is 11.3 Å². The molecule has 0 saturated carbocycles. The van der Waals surface area contributed by atoms with Gasteiger partial charge in [0.05, 0.1) is 11.4 Å². The molecule has 1 aliphatic heterocycles. The Labute approximate surface area is 258 Å². The fourth-order valence-corrected chi connectivity index (χ4v) is 6.46. The summed E-state index contributed by atoms with van der Waals surface area (Å²) in [5.41, 5.74) is 3.67. The Bertz CT molecular complexity index is 1350. The zero-order valence-electron chi connectivity index (χ0n) is 24.7. The summed E-state index contributed by atoms with van der Waals surface area (Å²) in [5, 5.41) is 2.60.